The molecule has 0 aliphatic carbocycles. The second-order valence-corrected chi connectivity index (χ2v) is 2.64. The van der Waals surface area contributed by atoms with Crippen molar-refractivity contribution in [3.8, 4) is 0 Å². The Morgan fingerprint density at radius 3 is 3.00 bits per heavy atom. The number of carboxylic acids is 1. The van der Waals surface area contributed by atoms with Crippen molar-refractivity contribution in [2.24, 2.45) is 5.92 Å². The van der Waals surface area contributed by atoms with Crippen LogP contribution in [0, 0.1) is 5.92 Å². The fourth-order valence-electron chi connectivity index (χ4n) is 0.840. The molecule has 0 bridgehead atoms. The topological polar surface area (TPSA) is 63.1 Å². The highest BCUT2D eigenvalue weighted by molar-refractivity contribution is 5.69. The van der Waals surface area contributed by atoms with Crippen molar-refractivity contribution in [1.29, 1.82) is 0 Å². The van der Waals surface area contributed by atoms with Gasteiger partial charge in [0.15, 0.2) is 0 Å². The number of carboxylic acid groups (broad SMARTS) is 1. The molecule has 4 heteroatoms. The first-order chi connectivity index (χ1) is 5.70. The lowest BCUT2D eigenvalue weighted by Gasteiger charge is -2.03. The minimum Gasteiger partial charge on any atom is -0.481 e. The second kappa shape index (κ2) is 3.80. The molecule has 12 heavy (non-hydrogen) atoms. The van der Waals surface area contributed by atoms with Gasteiger partial charge in [-0.3, -0.25) is 4.79 Å². The Morgan fingerprint density at radius 1 is 1.75 bits per heavy atom. The third kappa shape index (κ3) is 2.30. The first-order valence-electron chi connectivity index (χ1n) is 3.68. The molecule has 1 aromatic rings. The smallest absolute Gasteiger partial charge is 0.306 e. The van der Waals surface area contributed by atoms with Gasteiger partial charge in [0.05, 0.1) is 5.92 Å². The normalized spacial score (nSPS) is 12.4. The number of hydrogen-bond acceptors (Lipinski definition) is 3. The summed E-state index contributed by atoms with van der Waals surface area (Å²) < 4.78 is 0. The average molecular weight is 166 g/mol. The monoisotopic (exact) mass is 166 g/mol. The number of rotatable bonds is 3. The summed E-state index contributed by atoms with van der Waals surface area (Å²) in [6, 6.07) is 1.72. The summed E-state index contributed by atoms with van der Waals surface area (Å²) in [6.45, 7) is 1.66. The number of hydrogen-bond donors (Lipinski definition) is 1. The van der Waals surface area contributed by atoms with Gasteiger partial charge in [0, 0.05) is 18.3 Å². The molecule has 1 aromatic heterocycles. The molecule has 0 radical (unpaired) electrons. The van der Waals surface area contributed by atoms with Crippen LogP contribution in [0.25, 0.3) is 0 Å². The van der Waals surface area contributed by atoms with Gasteiger partial charge in [-0.05, 0) is 6.07 Å². The van der Waals surface area contributed by atoms with E-state index < -0.39 is 5.97 Å². The third-order valence-corrected chi connectivity index (χ3v) is 1.58. The zero-order chi connectivity index (χ0) is 8.97. The maximum Gasteiger partial charge on any atom is 0.306 e. The van der Waals surface area contributed by atoms with E-state index in [0.29, 0.717) is 6.42 Å². The molecule has 1 heterocycles. The molecule has 0 spiro atoms. The molecule has 4 nitrogen and oxygen atoms in total. The van der Waals surface area contributed by atoms with Gasteiger partial charge in [0.2, 0.25) is 0 Å². The zero-order valence-corrected chi connectivity index (χ0v) is 6.77. The van der Waals surface area contributed by atoms with Gasteiger partial charge in [-0.1, -0.05) is 6.92 Å². The second-order valence-electron chi connectivity index (χ2n) is 2.64. The Bertz CT molecular complexity index is 261. The number of aliphatic carboxylic acids is 1. The van der Waals surface area contributed by atoms with Gasteiger partial charge in [-0.2, -0.15) is 0 Å². The Kier molecular flexibility index (Phi) is 2.74. The number of nitrogens with zero attached hydrogens (tertiary/aromatic N) is 2. The van der Waals surface area contributed by atoms with Crippen LogP contribution in [0.4, 0.5) is 0 Å². The Hall–Kier alpha value is -1.45. The Labute approximate surface area is 70.3 Å². The van der Waals surface area contributed by atoms with E-state index in [1.165, 1.54) is 6.33 Å². The van der Waals surface area contributed by atoms with Crippen LogP contribution in [0.3, 0.4) is 0 Å². The standard InChI is InChI=1S/C8H10N2O2/c1-6(8(11)12)4-7-2-3-9-5-10-7/h2-3,5-6H,4H2,1H3,(H,11,12)/t6-/m1/s1. The molecule has 1 rings (SSSR count). The molecule has 0 aliphatic rings. The van der Waals surface area contributed by atoms with Crippen LogP contribution in [0.15, 0.2) is 18.6 Å². The van der Waals surface area contributed by atoms with Gasteiger partial charge in [-0.15, -0.1) is 0 Å². The minimum absolute atomic E-state index is 0.389. The number of aromatic nitrogens is 2. The average Bonchev–Trinajstić information content (AvgIpc) is 2.06. The minimum atomic E-state index is -0.798. The van der Waals surface area contributed by atoms with Gasteiger partial charge >= 0.3 is 5.97 Å². The highest BCUT2D eigenvalue weighted by Gasteiger charge is 2.11. The van der Waals surface area contributed by atoms with E-state index in [-0.39, 0.29) is 5.92 Å². The molecule has 0 unspecified atom stereocenters. The van der Waals surface area contributed by atoms with E-state index >= 15 is 0 Å². The van der Waals surface area contributed by atoms with Crippen molar-refractivity contribution < 1.29 is 9.90 Å². The summed E-state index contributed by atoms with van der Waals surface area (Å²) in [5.41, 5.74) is 0.764. The van der Waals surface area contributed by atoms with Crippen molar-refractivity contribution in [2.75, 3.05) is 0 Å². The molecular formula is C8H10N2O2. The third-order valence-electron chi connectivity index (χ3n) is 1.58. The summed E-state index contributed by atoms with van der Waals surface area (Å²) in [6.07, 6.45) is 3.48. The quantitative estimate of drug-likeness (QED) is 0.719. The molecule has 1 N–H and O–H groups in total. The van der Waals surface area contributed by atoms with E-state index in [1.807, 2.05) is 0 Å². The van der Waals surface area contributed by atoms with Crippen LogP contribution >= 0.6 is 0 Å². The first kappa shape index (κ1) is 8.64. The summed E-state index contributed by atoms with van der Waals surface area (Å²) in [5, 5.41) is 8.60. The highest BCUT2D eigenvalue weighted by atomic mass is 16.4. The summed E-state index contributed by atoms with van der Waals surface area (Å²) in [4.78, 5) is 18.1. The predicted molar refractivity (Wildman–Crippen MR) is 42.5 cm³/mol. The molecule has 64 valence electrons. The van der Waals surface area contributed by atoms with Gasteiger partial charge in [0.1, 0.15) is 6.33 Å². The maximum absolute atomic E-state index is 10.5. The van der Waals surface area contributed by atoms with Crippen molar-refractivity contribution in [2.45, 2.75) is 13.3 Å². The zero-order valence-electron chi connectivity index (χ0n) is 6.77. The van der Waals surface area contributed by atoms with Crippen LogP contribution in [0.1, 0.15) is 12.6 Å². The van der Waals surface area contributed by atoms with Gasteiger partial charge < -0.3 is 5.11 Å². The highest BCUT2D eigenvalue weighted by Crippen LogP contribution is 2.04. The van der Waals surface area contributed by atoms with Crippen molar-refractivity contribution in [1.82, 2.24) is 9.97 Å². The Morgan fingerprint density at radius 2 is 2.50 bits per heavy atom. The SMILES string of the molecule is C[C@H](Cc1ccncn1)C(=O)O. The molecule has 0 saturated heterocycles. The molecule has 1 atom stereocenters. The fourth-order valence-corrected chi connectivity index (χ4v) is 0.840. The lowest BCUT2D eigenvalue weighted by Crippen LogP contribution is -2.12. The van der Waals surface area contributed by atoms with E-state index in [0.717, 1.165) is 5.69 Å². The Balaban J connectivity index is 2.58. The summed E-state index contributed by atoms with van der Waals surface area (Å²) in [5.74, 6) is -1.19. The van der Waals surface area contributed by atoms with Crippen LogP contribution in [0.2, 0.25) is 0 Å². The maximum atomic E-state index is 10.5. The predicted octanol–water partition coefficient (Wildman–Crippen LogP) is 0.740. The van der Waals surface area contributed by atoms with Crippen molar-refractivity contribution in [3.63, 3.8) is 0 Å². The molecule has 0 aliphatic heterocycles. The van der Waals surface area contributed by atoms with E-state index in [1.54, 1.807) is 19.2 Å². The van der Waals surface area contributed by atoms with E-state index in [9.17, 15) is 4.79 Å². The fraction of sp³-hybridized carbons (Fsp3) is 0.375. The largest absolute Gasteiger partial charge is 0.481 e. The lowest BCUT2D eigenvalue weighted by atomic mass is 10.1. The van der Waals surface area contributed by atoms with Gasteiger partial charge in [0.25, 0.3) is 0 Å². The van der Waals surface area contributed by atoms with Crippen LogP contribution in [-0.2, 0) is 11.2 Å². The first-order valence-corrected chi connectivity index (χ1v) is 3.68. The van der Waals surface area contributed by atoms with Crippen LogP contribution < -0.4 is 0 Å². The molecule has 0 amide bonds. The summed E-state index contributed by atoms with van der Waals surface area (Å²) >= 11 is 0. The molecule has 0 aromatic carbocycles. The van der Waals surface area contributed by atoms with Gasteiger partial charge in [-0.25, -0.2) is 9.97 Å². The lowest BCUT2D eigenvalue weighted by molar-refractivity contribution is -0.141. The van der Waals surface area contributed by atoms with Crippen molar-refractivity contribution in [3.05, 3.63) is 24.3 Å². The number of carbonyl (C=O) groups is 1. The molecular weight excluding hydrogens is 156 g/mol. The molecule has 0 fully saturated rings. The van der Waals surface area contributed by atoms with E-state index in [2.05, 4.69) is 9.97 Å². The van der Waals surface area contributed by atoms with Crippen molar-refractivity contribution >= 4 is 5.97 Å². The van der Waals surface area contributed by atoms with E-state index in [4.69, 9.17) is 5.11 Å². The summed E-state index contributed by atoms with van der Waals surface area (Å²) in [7, 11) is 0. The van der Waals surface area contributed by atoms with Crippen LogP contribution in [-0.4, -0.2) is 21.0 Å². The molecule has 0 saturated carbocycles. The van der Waals surface area contributed by atoms with Crippen LogP contribution in [0.5, 0.6) is 0 Å².